The van der Waals surface area contributed by atoms with Crippen LogP contribution in [0.3, 0.4) is 0 Å². The van der Waals surface area contributed by atoms with Gasteiger partial charge in [0.15, 0.2) is 5.84 Å². The fraction of sp³-hybridized carbons (Fsp3) is 0.114. The van der Waals surface area contributed by atoms with Crippen molar-refractivity contribution in [1.82, 2.24) is 0 Å². The van der Waals surface area contributed by atoms with Gasteiger partial charge < -0.3 is 14.7 Å². The Morgan fingerprint density at radius 3 is 2.21 bits per heavy atom. The Morgan fingerprint density at radius 1 is 0.894 bits per heavy atom. The van der Waals surface area contributed by atoms with Gasteiger partial charge in [0.05, 0.1) is 35.3 Å². The van der Waals surface area contributed by atoms with Crippen molar-refractivity contribution in [3.63, 3.8) is 0 Å². The van der Waals surface area contributed by atoms with Crippen molar-refractivity contribution in [2.24, 2.45) is 10.1 Å². The van der Waals surface area contributed by atoms with Gasteiger partial charge in [0.2, 0.25) is 0 Å². The van der Waals surface area contributed by atoms with Gasteiger partial charge in [-0.15, -0.1) is 5.10 Å². The van der Waals surface area contributed by atoms with Crippen LogP contribution in [0.4, 0.5) is 22.7 Å². The van der Waals surface area contributed by atoms with Crippen LogP contribution in [0.1, 0.15) is 21.5 Å². The van der Waals surface area contributed by atoms with Crippen LogP contribution in [-0.4, -0.2) is 60.9 Å². The van der Waals surface area contributed by atoms with Crippen molar-refractivity contribution < 1.29 is 34.4 Å². The van der Waals surface area contributed by atoms with Crippen LogP contribution in [0.2, 0.25) is 0 Å². The zero-order chi connectivity index (χ0) is 33.2. The standard InChI is InChI=1S/C35H29N5O7/c1-38(2)25-16-12-24(13-17-25)36-31-29(22-7-5-4-6-8-22)30-32(37-40(33(30)41)26-14-9-21(10-15-26)20-47-45)39(34(31)42)27-19-23(35(43)44)11-18-28(27)46-3/h4-19,45H,20H2,1-3H3,(H,43,44). The maximum absolute atomic E-state index is 14.7. The number of fused-ring (bicyclic) bond motifs is 1. The number of anilines is 3. The van der Waals surface area contributed by atoms with Gasteiger partial charge in [0.25, 0.3) is 11.8 Å². The van der Waals surface area contributed by atoms with Crippen LogP contribution in [0.5, 0.6) is 5.75 Å². The van der Waals surface area contributed by atoms with Crippen LogP contribution in [-0.2, 0) is 21.1 Å². The molecule has 4 aromatic rings. The van der Waals surface area contributed by atoms with Gasteiger partial charge in [-0.1, -0.05) is 42.5 Å². The second-order valence-electron chi connectivity index (χ2n) is 10.8. The lowest BCUT2D eigenvalue weighted by Crippen LogP contribution is -2.47. The predicted octanol–water partition coefficient (Wildman–Crippen LogP) is 5.38. The smallest absolute Gasteiger partial charge is 0.335 e. The second-order valence-corrected chi connectivity index (χ2v) is 10.8. The van der Waals surface area contributed by atoms with E-state index in [4.69, 9.17) is 15.0 Å². The van der Waals surface area contributed by atoms with E-state index in [1.165, 1.54) is 35.2 Å². The molecule has 0 radical (unpaired) electrons. The highest BCUT2D eigenvalue weighted by molar-refractivity contribution is 6.69. The molecule has 0 atom stereocenters. The summed E-state index contributed by atoms with van der Waals surface area (Å²) in [5.41, 5.74) is 3.27. The van der Waals surface area contributed by atoms with Crippen molar-refractivity contribution in [2.45, 2.75) is 6.61 Å². The number of carbonyl (C=O) groups is 3. The molecule has 6 rings (SSSR count). The number of carboxylic acids is 1. The molecule has 0 saturated heterocycles. The third kappa shape index (κ3) is 5.74. The van der Waals surface area contributed by atoms with E-state index in [0.717, 1.165) is 5.69 Å². The van der Waals surface area contributed by atoms with E-state index in [1.54, 1.807) is 60.7 Å². The van der Waals surface area contributed by atoms with E-state index >= 15 is 0 Å². The van der Waals surface area contributed by atoms with Crippen molar-refractivity contribution in [2.75, 3.05) is 36.0 Å². The highest BCUT2D eigenvalue weighted by Gasteiger charge is 2.47. The third-order valence-corrected chi connectivity index (χ3v) is 7.68. The number of ether oxygens (including phenoxy) is 1. The average Bonchev–Trinajstić information content (AvgIpc) is 3.41. The summed E-state index contributed by atoms with van der Waals surface area (Å²) in [6.07, 6.45) is 0. The molecule has 2 heterocycles. The molecule has 4 aromatic carbocycles. The number of benzene rings is 4. The van der Waals surface area contributed by atoms with E-state index in [2.05, 4.69) is 9.99 Å². The zero-order valence-corrected chi connectivity index (χ0v) is 25.6. The summed E-state index contributed by atoms with van der Waals surface area (Å²) in [6.45, 7) is -0.0522. The van der Waals surface area contributed by atoms with Crippen LogP contribution >= 0.6 is 0 Å². The molecule has 236 valence electrons. The third-order valence-electron chi connectivity index (χ3n) is 7.68. The van der Waals surface area contributed by atoms with Crippen molar-refractivity contribution >= 4 is 57.7 Å². The Bertz CT molecular complexity index is 1970. The van der Waals surface area contributed by atoms with Gasteiger partial charge in [-0.3, -0.25) is 19.7 Å². The number of carbonyl (C=O) groups excluding carboxylic acids is 2. The van der Waals surface area contributed by atoms with E-state index in [1.807, 2.05) is 37.2 Å². The summed E-state index contributed by atoms with van der Waals surface area (Å²) in [7, 11) is 5.21. The molecule has 2 amide bonds. The van der Waals surface area contributed by atoms with Gasteiger partial charge in [0.1, 0.15) is 18.1 Å². The van der Waals surface area contributed by atoms with Crippen LogP contribution < -0.4 is 19.5 Å². The lowest BCUT2D eigenvalue weighted by Gasteiger charge is -2.30. The molecule has 0 aliphatic carbocycles. The van der Waals surface area contributed by atoms with Crippen molar-refractivity contribution in [1.29, 1.82) is 0 Å². The second kappa shape index (κ2) is 12.7. The Kier molecular flexibility index (Phi) is 8.36. The van der Waals surface area contributed by atoms with Crippen LogP contribution in [0.15, 0.2) is 113 Å². The predicted molar refractivity (Wildman–Crippen MR) is 177 cm³/mol. The molecule has 12 heteroatoms. The lowest BCUT2D eigenvalue weighted by atomic mass is 9.89. The number of hydrazone groups is 1. The van der Waals surface area contributed by atoms with Gasteiger partial charge in [-0.2, -0.15) is 5.01 Å². The molecule has 2 N–H and O–H groups in total. The van der Waals surface area contributed by atoms with Gasteiger partial charge >= 0.3 is 5.97 Å². The fourth-order valence-electron chi connectivity index (χ4n) is 5.34. The normalized spacial score (nSPS) is 15.2. The monoisotopic (exact) mass is 631 g/mol. The Labute approximate surface area is 269 Å². The van der Waals surface area contributed by atoms with Gasteiger partial charge in [-0.05, 0) is 65.7 Å². The highest BCUT2D eigenvalue weighted by Crippen LogP contribution is 2.41. The largest absolute Gasteiger partial charge is 0.495 e. The molecule has 0 fully saturated rings. The molecule has 2 aliphatic heterocycles. The van der Waals surface area contributed by atoms with E-state index in [9.17, 15) is 19.5 Å². The van der Waals surface area contributed by atoms with Crippen molar-refractivity contribution in [3.8, 4) is 5.75 Å². The summed E-state index contributed by atoms with van der Waals surface area (Å²) >= 11 is 0. The minimum absolute atomic E-state index is 0.0237. The molecule has 0 unspecified atom stereocenters. The molecule has 0 saturated carbocycles. The summed E-state index contributed by atoms with van der Waals surface area (Å²) in [5, 5.41) is 24.5. The van der Waals surface area contributed by atoms with E-state index in [-0.39, 0.29) is 46.3 Å². The number of methoxy groups -OCH3 is 1. The molecule has 47 heavy (non-hydrogen) atoms. The first-order valence-electron chi connectivity index (χ1n) is 14.4. The van der Waals surface area contributed by atoms with Crippen LogP contribution in [0, 0.1) is 0 Å². The number of hydrogen-bond acceptors (Lipinski definition) is 9. The maximum atomic E-state index is 14.7. The van der Waals surface area contributed by atoms with E-state index in [0.29, 0.717) is 22.5 Å². The molecular formula is C35H29N5O7. The van der Waals surface area contributed by atoms with Gasteiger partial charge in [-0.25, -0.2) is 14.7 Å². The Morgan fingerprint density at radius 2 is 1.60 bits per heavy atom. The Balaban J connectivity index is 1.63. The minimum atomic E-state index is -1.22. The number of hydrogen-bond donors (Lipinski definition) is 2. The van der Waals surface area contributed by atoms with E-state index < -0.39 is 17.8 Å². The number of aromatic carboxylic acids is 1. The molecule has 0 spiro atoms. The number of aliphatic imine (C=N–C) groups is 1. The summed E-state index contributed by atoms with van der Waals surface area (Å²) < 4.78 is 5.57. The molecule has 0 bridgehead atoms. The Hall–Kier alpha value is -6.11. The molecular weight excluding hydrogens is 602 g/mol. The molecule has 0 aromatic heterocycles. The number of carboxylic acid groups (broad SMARTS) is 1. The lowest BCUT2D eigenvalue weighted by molar-refractivity contribution is -0.253. The number of nitrogens with zero attached hydrogens (tertiary/aromatic N) is 5. The average molecular weight is 632 g/mol. The zero-order valence-electron chi connectivity index (χ0n) is 25.6. The first-order chi connectivity index (χ1) is 22.7. The number of amidine groups is 1. The van der Waals surface area contributed by atoms with Gasteiger partial charge in [0, 0.05) is 25.4 Å². The fourth-order valence-corrected chi connectivity index (χ4v) is 5.34. The maximum Gasteiger partial charge on any atom is 0.335 e. The molecule has 12 nitrogen and oxygen atoms in total. The first-order valence-corrected chi connectivity index (χ1v) is 14.4. The summed E-state index contributed by atoms with van der Waals surface area (Å²) in [5.74, 6) is -2.24. The van der Waals surface area contributed by atoms with Crippen molar-refractivity contribution in [3.05, 3.63) is 119 Å². The first kappa shape index (κ1) is 30.9. The summed E-state index contributed by atoms with van der Waals surface area (Å²) in [6, 6.07) is 26.9. The number of amides is 2. The molecule has 2 aliphatic rings. The number of rotatable bonds is 9. The summed E-state index contributed by atoms with van der Waals surface area (Å²) in [4.78, 5) is 53.3. The SMILES string of the molecule is COc1ccc(C(=O)O)cc1N1C(=O)C(=Nc2ccc(N(C)C)cc2)C(c2ccccc2)=C2C(=O)N(c3ccc(COO)cc3)N=C21. The minimum Gasteiger partial charge on any atom is -0.495 e. The van der Waals surface area contributed by atoms with Crippen LogP contribution in [0.25, 0.3) is 5.57 Å². The quantitative estimate of drug-likeness (QED) is 0.185. The topological polar surface area (TPSA) is 145 Å². The highest BCUT2D eigenvalue weighted by atomic mass is 17.1.